The van der Waals surface area contributed by atoms with Gasteiger partial charge in [0, 0.05) is 30.2 Å². The van der Waals surface area contributed by atoms with Crippen LogP contribution < -0.4 is 27.8 Å². The number of carbonyl (C=O) groups is 4. The first kappa shape index (κ1) is 30.4. The average Bonchev–Trinajstić information content (AvgIpc) is 3.56. The largest absolute Gasteiger partial charge is 0.480 e. The maximum absolute atomic E-state index is 13.4. The number of carbonyl (C=O) groups excluding carboxylic acids is 3. The molecule has 2 aromatic rings. The molecule has 10 N–H and O–H groups in total. The van der Waals surface area contributed by atoms with Gasteiger partial charge < -0.3 is 42.8 Å². The zero-order valence-electron chi connectivity index (χ0n) is 22.9. The Morgan fingerprint density at radius 3 is 2.55 bits per heavy atom. The number of guanidine groups is 1. The first-order valence-corrected chi connectivity index (χ1v) is 13.5. The molecular formula is C27H40N8O5. The number of aliphatic carboxylic acids is 1. The van der Waals surface area contributed by atoms with Gasteiger partial charge in [0.2, 0.25) is 17.7 Å². The highest BCUT2D eigenvalue weighted by atomic mass is 16.4. The smallest absolute Gasteiger partial charge is 0.326 e. The van der Waals surface area contributed by atoms with E-state index in [4.69, 9.17) is 17.2 Å². The van der Waals surface area contributed by atoms with Crippen molar-refractivity contribution in [3.05, 3.63) is 36.0 Å². The number of aromatic amines is 1. The number of nitrogens with one attached hydrogen (secondary N) is 3. The number of likely N-dealkylation sites (tertiary alicyclic amines) is 1. The van der Waals surface area contributed by atoms with Crippen molar-refractivity contribution in [1.82, 2.24) is 20.5 Å². The first-order chi connectivity index (χ1) is 19.0. The Labute approximate surface area is 232 Å². The molecule has 0 aliphatic carbocycles. The number of carboxylic acids is 1. The van der Waals surface area contributed by atoms with Crippen molar-refractivity contribution >= 4 is 40.6 Å². The average molecular weight is 557 g/mol. The van der Waals surface area contributed by atoms with E-state index in [0.29, 0.717) is 19.3 Å². The van der Waals surface area contributed by atoms with Gasteiger partial charge >= 0.3 is 5.97 Å². The topological polar surface area (TPSA) is 222 Å². The van der Waals surface area contributed by atoms with E-state index in [2.05, 4.69) is 20.6 Å². The molecule has 0 bridgehead atoms. The lowest BCUT2D eigenvalue weighted by Crippen LogP contribution is -2.58. The third-order valence-electron chi connectivity index (χ3n) is 7.08. The minimum atomic E-state index is -1.09. The van der Waals surface area contributed by atoms with Crippen molar-refractivity contribution in [2.24, 2.45) is 28.1 Å². The lowest BCUT2D eigenvalue weighted by molar-refractivity contribution is -0.149. The number of fused-ring (bicyclic) bond motifs is 1. The first-order valence-electron chi connectivity index (χ1n) is 13.5. The second kappa shape index (κ2) is 13.8. The van der Waals surface area contributed by atoms with Crippen LogP contribution in [0.1, 0.15) is 45.1 Å². The SMILES string of the molecule is CC(C)C(NC(=O)C(N)Cc1c[nH]c2ccccc12)C(=O)NC(CCCN=C(N)N)C(=O)N1CCCC1C(=O)O. The Kier molecular flexibility index (Phi) is 10.5. The number of benzene rings is 1. The minimum Gasteiger partial charge on any atom is -0.480 e. The Morgan fingerprint density at radius 1 is 1.15 bits per heavy atom. The van der Waals surface area contributed by atoms with Crippen molar-refractivity contribution in [2.75, 3.05) is 13.1 Å². The molecule has 1 aromatic heterocycles. The maximum Gasteiger partial charge on any atom is 0.326 e. The van der Waals surface area contributed by atoms with Crippen molar-refractivity contribution in [3.8, 4) is 0 Å². The second-order valence-corrected chi connectivity index (χ2v) is 10.4. The fourth-order valence-corrected chi connectivity index (χ4v) is 4.94. The van der Waals surface area contributed by atoms with Gasteiger partial charge in [0.1, 0.15) is 18.1 Å². The molecule has 40 heavy (non-hydrogen) atoms. The molecule has 1 saturated heterocycles. The number of amides is 3. The van der Waals surface area contributed by atoms with Crippen molar-refractivity contribution in [2.45, 2.75) is 70.1 Å². The summed E-state index contributed by atoms with van der Waals surface area (Å²) in [5.74, 6) is -3.06. The molecule has 3 rings (SSSR count). The number of nitrogens with two attached hydrogens (primary N) is 3. The quantitative estimate of drug-likeness (QED) is 0.0991. The van der Waals surface area contributed by atoms with E-state index in [1.165, 1.54) is 4.90 Å². The van der Waals surface area contributed by atoms with Crippen LogP contribution in [0.5, 0.6) is 0 Å². The van der Waals surface area contributed by atoms with E-state index < -0.39 is 47.9 Å². The summed E-state index contributed by atoms with van der Waals surface area (Å²) in [7, 11) is 0. The predicted molar refractivity (Wildman–Crippen MR) is 151 cm³/mol. The number of hydrogen-bond donors (Lipinski definition) is 7. The summed E-state index contributed by atoms with van der Waals surface area (Å²) >= 11 is 0. The number of aromatic nitrogens is 1. The van der Waals surface area contributed by atoms with Gasteiger partial charge in [-0.15, -0.1) is 0 Å². The fraction of sp³-hybridized carbons (Fsp3) is 0.519. The molecule has 1 aromatic carbocycles. The molecule has 3 amide bonds. The third kappa shape index (κ3) is 7.72. The predicted octanol–water partition coefficient (Wildman–Crippen LogP) is -0.207. The number of H-pyrrole nitrogens is 1. The molecule has 0 spiro atoms. The van der Waals surface area contributed by atoms with Crippen LogP contribution in [0.15, 0.2) is 35.5 Å². The monoisotopic (exact) mass is 556 g/mol. The number of aliphatic imine (C=N–C) groups is 1. The highest BCUT2D eigenvalue weighted by Gasteiger charge is 2.38. The number of para-hydroxylation sites is 1. The molecular weight excluding hydrogens is 516 g/mol. The van der Waals surface area contributed by atoms with E-state index in [1.54, 1.807) is 13.8 Å². The Hall–Kier alpha value is -4.13. The second-order valence-electron chi connectivity index (χ2n) is 10.4. The molecule has 2 heterocycles. The van der Waals surface area contributed by atoms with Gasteiger partial charge in [-0.05, 0) is 49.7 Å². The van der Waals surface area contributed by atoms with Crippen LogP contribution in [-0.2, 0) is 25.6 Å². The summed E-state index contributed by atoms with van der Waals surface area (Å²) in [6, 6.07) is 3.84. The van der Waals surface area contributed by atoms with E-state index in [9.17, 15) is 24.3 Å². The highest BCUT2D eigenvalue weighted by Crippen LogP contribution is 2.21. The van der Waals surface area contributed by atoms with Gasteiger partial charge in [0.15, 0.2) is 5.96 Å². The summed E-state index contributed by atoms with van der Waals surface area (Å²) in [5, 5.41) is 16.0. The van der Waals surface area contributed by atoms with Gasteiger partial charge in [-0.2, -0.15) is 0 Å². The Morgan fingerprint density at radius 2 is 1.88 bits per heavy atom. The lowest BCUT2D eigenvalue weighted by atomic mass is 10.00. The van der Waals surface area contributed by atoms with Gasteiger partial charge in [0.05, 0.1) is 6.04 Å². The summed E-state index contributed by atoms with van der Waals surface area (Å²) in [6.45, 7) is 4.05. The number of hydrogen-bond acceptors (Lipinski definition) is 6. The molecule has 1 aliphatic heterocycles. The normalized spacial score (nSPS) is 17.3. The Bertz CT molecular complexity index is 1240. The van der Waals surface area contributed by atoms with Crippen LogP contribution in [0.3, 0.4) is 0 Å². The summed E-state index contributed by atoms with van der Waals surface area (Å²) in [4.78, 5) is 59.9. The molecule has 13 nitrogen and oxygen atoms in total. The van der Waals surface area contributed by atoms with Crippen molar-refractivity contribution in [1.29, 1.82) is 0 Å². The highest BCUT2D eigenvalue weighted by molar-refractivity contribution is 5.94. The van der Waals surface area contributed by atoms with Crippen LogP contribution in [0.2, 0.25) is 0 Å². The van der Waals surface area contributed by atoms with Crippen LogP contribution in [0, 0.1) is 5.92 Å². The fourth-order valence-electron chi connectivity index (χ4n) is 4.94. The zero-order chi connectivity index (χ0) is 29.4. The molecule has 218 valence electrons. The van der Waals surface area contributed by atoms with E-state index in [-0.39, 0.29) is 37.8 Å². The zero-order valence-corrected chi connectivity index (χ0v) is 22.9. The third-order valence-corrected chi connectivity index (χ3v) is 7.08. The maximum atomic E-state index is 13.4. The molecule has 1 fully saturated rings. The summed E-state index contributed by atoms with van der Waals surface area (Å²) < 4.78 is 0. The molecule has 4 unspecified atom stereocenters. The van der Waals surface area contributed by atoms with E-state index in [1.807, 2.05) is 30.5 Å². The molecule has 13 heteroatoms. The van der Waals surface area contributed by atoms with Gasteiger partial charge in [0.25, 0.3) is 0 Å². The lowest BCUT2D eigenvalue weighted by Gasteiger charge is -2.30. The van der Waals surface area contributed by atoms with E-state index in [0.717, 1.165) is 16.5 Å². The van der Waals surface area contributed by atoms with Gasteiger partial charge in [-0.3, -0.25) is 19.4 Å². The number of nitrogens with zero attached hydrogens (tertiary/aromatic N) is 2. The van der Waals surface area contributed by atoms with Crippen LogP contribution in [0.4, 0.5) is 0 Å². The number of carboxylic acid groups (broad SMARTS) is 1. The van der Waals surface area contributed by atoms with Crippen molar-refractivity contribution < 1.29 is 24.3 Å². The van der Waals surface area contributed by atoms with Crippen LogP contribution in [0.25, 0.3) is 10.9 Å². The molecule has 4 atom stereocenters. The Balaban J connectivity index is 1.70. The summed E-state index contributed by atoms with van der Waals surface area (Å²) in [6.07, 6.45) is 3.52. The standard InChI is InChI=1S/C27H40N8O5/c1-15(2)22(34-23(36)18(28)13-16-14-32-19-8-4-3-7-17(16)19)24(37)33-20(9-5-11-31-27(29)30)25(38)35-12-6-10-21(35)26(39)40/h3-4,7-8,14-15,18,20-22,32H,5-6,9-13,28H2,1-2H3,(H,33,37)(H,34,36)(H,39,40)(H4,29,30,31). The van der Waals surface area contributed by atoms with Crippen LogP contribution >= 0.6 is 0 Å². The number of rotatable bonds is 13. The van der Waals surface area contributed by atoms with Gasteiger partial charge in [-0.25, -0.2) is 4.79 Å². The van der Waals surface area contributed by atoms with Gasteiger partial charge in [-0.1, -0.05) is 32.0 Å². The molecule has 0 radical (unpaired) electrons. The van der Waals surface area contributed by atoms with Crippen molar-refractivity contribution in [3.63, 3.8) is 0 Å². The minimum absolute atomic E-state index is 0.0936. The van der Waals surface area contributed by atoms with E-state index >= 15 is 0 Å². The van der Waals surface area contributed by atoms with Crippen LogP contribution in [-0.4, -0.2) is 81.9 Å². The molecule has 0 saturated carbocycles. The molecule has 1 aliphatic rings. The summed E-state index contributed by atoms with van der Waals surface area (Å²) in [5.41, 5.74) is 18.8.